The molecule has 0 fully saturated rings. The van der Waals surface area contributed by atoms with Crippen molar-refractivity contribution in [3.8, 4) is 0 Å². The first-order valence-corrected chi connectivity index (χ1v) is 44.4. The molecular weight excluding hydrogens is 1290 g/mol. The van der Waals surface area contributed by atoms with E-state index in [2.05, 4.69) is 48.5 Å². The Hall–Kier alpha value is -1.94. The Labute approximate surface area is 607 Å². The Morgan fingerprint density at radius 2 is 0.515 bits per heavy atom. The number of carbonyl (C=O) groups excluding carboxylic acids is 4. The standard InChI is InChI=1S/C80H156O17P2/c1-8-10-11-12-13-14-15-16-17-18-22-25-33-40-47-54-61-77(82)90-67-75(96-79(84)63-56-49-42-34-26-23-20-19-21-24-32-39-46-53-60-73(7)9-2)69-94-98(86,87)92-65-74(81)66-93-99(88,89)95-70-76(68-91-78(83)62-55-48-41-36-29-31-38-45-52-59-72(5)6)97-80(85)64-57-50-43-35-28-27-30-37-44-51-58-71(3)4/h71-76,81H,8-70H2,1-7H3,(H,86,87)(H,88,89)/t73?,74-,75-,76-/m1/s1. The number of esters is 4. The molecule has 0 radical (unpaired) electrons. The monoisotopic (exact) mass is 1450 g/mol. The van der Waals surface area contributed by atoms with Gasteiger partial charge in [0.15, 0.2) is 12.2 Å². The predicted octanol–water partition coefficient (Wildman–Crippen LogP) is 23.7. The van der Waals surface area contributed by atoms with E-state index in [1.54, 1.807) is 0 Å². The van der Waals surface area contributed by atoms with Gasteiger partial charge in [0, 0.05) is 25.7 Å². The second kappa shape index (κ2) is 70.4. The number of carbonyl (C=O) groups is 4. The Balaban J connectivity index is 5.26. The van der Waals surface area contributed by atoms with Crippen LogP contribution in [-0.4, -0.2) is 96.7 Å². The molecule has 19 heteroatoms. The SMILES string of the molecule is CCCCCCCCCCCCCCCCCCC(=O)OC[C@H](COP(=O)(O)OC[C@@H](O)COP(=O)(O)OC[C@@H](COC(=O)CCCCCCCCCCCC(C)C)OC(=O)CCCCCCCCCCCCC(C)C)OC(=O)CCCCCCCCCCCCCCCCC(C)CC. The zero-order chi connectivity index (χ0) is 73.0. The Bertz CT molecular complexity index is 1920. The van der Waals surface area contributed by atoms with Gasteiger partial charge in [-0.1, -0.05) is 363 Å². The number of phosphoric ester groups is 2. The van der Waals surface area contributed by atoms with E-state index in [9.17, 15) is 43.2 Å². The molecule has 0 rings (SSSR count). The van der Waals surface area contributed by atoms with E-state index in [1.807, 2.05) is 0 Å². The van der Waals surface area contributed by atoms with E-state index < -0.39 is 97.5 Å². The smallest absolute Gasteiger partial charge is 0.462 e. The number of aliphatic hydroxyl groups excluding tert-OH is 1. The van der Waals surface area contributed by atoms with Gasteiger partial charge in [-0.05, 0) is 43.4 Å². The van der Waals surface area contributed by atoms with Crippen LogP contribution < -0.4 is 0 Å². The molecule has 0 aliphatic rings. The average molecular weight is 1450 g/mol. The lowest BCUT2D eigenvalue weighted by molar-refractivity contribution is -0.161. The van der Waals surface area contributed by atoms with Gasteiger partial charge in [0.05, 0.1) is 26.4 Å². The van der Waals surface area contributed by atoms with E-state index in [0.717, 1.165) is 108 Å². The summed E-state index contributed by atoms with van der Waals surface area (Å²) < 4.78 is 68.7. The summed E-state index contributed by atoms with van der Waals surface area (Å²) in [6.07, 6.45) is 58.1. The van der Waals surface area contributed by atoms with Gasteiger partial charge in [-0.3, -0.25) is 37.3 Å². The van der Waals surface area contributed by atoms with Crippen LogP contribution in [0.2, 0.25) is 0 Å². The van der Waals surface area contributed by atoms with Crippen LogP contribution in [0.5, 0.6) is 0 Å². The van der Waals surface area contributed by atoms with Gasteiger partial charge in [-0.15, -0.1) is 0 Å². The Kier molecular flexibility index (Phi) is 69.0. The maximum Gasteiger partial charge on any atom is 0.472 e. The first-order chi connectivity index (χ1) is 47.8. The number of hydrogen-bond acceptors (Lipinski definition) is 15. The molecule has 6 atom stereocenters. The maximum absolute atomic E-state index is 13.1. The van der Waals surface area contributed by atoms with E-state index >= 15 is 0 Å². The van der Waals surface area contributed by atoms with E-state index in [0.29, 0.717) is 25.7 Å². The van der Waals surface area contributed by atoms with Crippen molar-refractivity contribution in [1.82, 2.24) is 0 Å². The van der Waals surface area contributed by atoms with Crippen LogP contribution in [0, 0.1) is 17.8 Å². The summed E-state index contributed by atoms with van der Waals surface area (Å²) in [6, 6.07) is 0. The van der Waals surface area contributed by atoms with E-state index in [4.69, 9.17) is 37.0 Å². The molecule has 0 saturated carbocycles. The number of hydrogen-bond donors (Lipinski definition) is 3. The summed E-state index contributed by atoms with van der Waals surface area (Å²) in [5.41, 5.74) is 0. The van der Waals surface area contributed by atoms with Crippen molar-refractivity contribution in [3.63, 3.8) is 0 Å². The topological polar surface area (TPSA) is 237 Å². The highest BCUT2D eigenvalue weighted by molar-refractivity contribution is 7.47. The fraction of sp³-hybridized carbons (Fsp3) is 0.950. The van der Waals surface area contributed by atoms with Gasteiger partial charge < -0.3 is 33.8 Å². The molecule has 0 aromatic rings. The van der Waals surface area contributed by atoms with Crippen LogP contribution in [0.3, 0.4) is 0 Å². The Morgan fingerprint density at radius 3 is 0.768 bits per heavy atom. The molecule has 0 bridgehead atoms. The molecule has 0 aromatic carbocycles. The van der Waals surface area contributed by atoms with Crippen molar-refractivity contribution in [2.75, 3.05) is 39.6 Å². The molecule has 0 amide bonds. The highest BCUT2D eigenvalue weighted by atomic mass is 31.2. The van der Waals surface area contributed by atoms with Crippen LogP contribution >= 0.6 is 15.6 Å². The van der Waals surface area contributed by atoms with E-state index in [-0.39, 0.29) is 25.7 Å². The first kappa shape index (κ1) is 97.1. The number of aliphatic hydroxyl groups is 1. The maximum atomic E-state index is 13.1. The zero-order valence-corrected chi connectivity index (χ0v) is 66.8. The predicted molar refractivity (Wildman–Crippen MR) is 405 cm³/mol. The van der Waals surface area contributed by atoms with Crippen molar-refractivity contribution in [3.05, 3.63) is 0 Å². The minimum absolute atomic E-state index is 0.106. The second-order valence-corrected chi connectivity index (χ2v) is 32.9. The normalized spacial score (nSPS) is 14.3. The minimum atomic E-state index is -4.96. The molecular formula is C80H156O17P2. The van der Waals surface area contributed by atoms with Crippen molar-refractivity contribution in [2.45, 2.75) is 433 Å². The molecule has 3 N–H and O–H groups in total. The minimum Gasteiger partial charge on any atom is -0.462 e. The van der Waals surface area contributed by atoms with Gasteiger partial charge in [-0.2, -0.15) is 0 Å². The summed E-state index contributed by atoms with van der Waals surface area (Å²) >= 11 is 0. The average Bonchev–Trinajstić information content (AvgIpc) is 0.992. The van der Waals surface area contributed by atoms with Crippen molar-refractivity contribution in [2.24, 2.45) is 17.8 Å². The molecule has 0 saturated heterocycles. The summed E-state index contributed by atoms with van der Waals surface area (Å²) in [6.45, 7) is 12.0. The fourth-order valence-corrected chi connectivity index (χ4v) is 13.9. The zero-order valence-electron chi connectivity index (χ0n) is 65.0. The highest BCUT2D eigenvalue weighted by Gasteiger charge is 2.30. The second-order valence-electron chi connectivity index (χ2n) is 30.0. The lowest BCUT2D eigenvalue weighted by Gasteiger charge is -2.21. The number of unbranched alkanes of at least 4 members (excludes halogenated alkanes) is 45. The van der Waals surface area contributed by atoms with Crippen molar-refractivity contribution in [1.29, 1.82) is 0 Å². The third kappa shape index (κ3) is 72.8. The van der Waals surface area contributed by atoms with Crippen molar-refractivity contribution >= 4 is 39.5 Å². The van der Waals surface area contributed by atoms with Crippen LogP contribution in [0.25, 0.3) is 0 Å². The first-order valence-electron chi connectivity index (χ1n) is 41.4. The molecule has 0 heterocycles. The number of phosphoric acid groups is 2. The quantitative estimate of drug-likeness (QED) is 0.0222. The molecule has 588 valence electrons. The van der Waals surface area contributed by atoms with Gasteiger partial charge >= 0.3 is 39.5 Å². The van der Waals surface area contributed by atoms with Gasteiger partial charge in [0.25, 0.3) is 0 Å². The third-order valence-corrected chi connectivity index (χ3v) is 20.9. The molecule has 0 spiro atoms. The summed E-state index contributed by atoms with van der Waals surface area (Å²) in [5, 5.41) is 10.6. The summed E-state index contributed by atoms with van der Waals surface area (Å²) in [7, 11) is -9.92. The van der Waals surface area contributed by atoms with Crippen molar-refractivity contribution < 1.29 is 80.2 Å². The van der Waals surface area contributed by atoms with Crippen LogP contribution in [0.1, 0.15) is 414 Å². The van der Waals surface area contributed by atoms with E-state index in [1.165, 1.54) is 225 Å². The molecule has 3 unspecified atom stereocenters. The summed E-state index contributed by atoms with van der Waals surface area (Å²) in [5.74, 6) is 0.230. The van der Waals surface area contributed by atoms with Gasteiger partial charge in [-0.25, -0.2) is 9.13 Å². The van der Waals surface area contributed by atoms with Gasteiger partial charge in [0.1, 0.15) is 19.3 Å². The molecule has 99 heavy (non-hydrogen) atoms. The lowest BCUT2D eigenvalue weighted by atomic mass is 9.99. The van der Waals surface area contributed by atoms with Gasteiger partial charge in [0.2, 0.25) is 0 Å². The van der Waals surface area contributed by atoms with Crippen LogP contribution in [-0.2, 0) is 65.4 Å². The number of rotatable bonds is 78. The number of ether oxygens (including phenoxy) is 4. The van der Waals surface area contributed by atoms with Crippen LogP contribution in [0.15, 0.2) is 0 Å². The molecule has 17 nitrogen and oxygen atoms in total. The highest BCUT2D eigenvalue weighted by Crippen LogP contribution is 2.45. The molecule has 0 aromatic heterocycles. The molecule has 0 aliphatic heterocycles. The lowest BCUT2D eigenvalue weighted by Crippen LogP contribution is -2.30. The Morgan fingerprint density at radius 1 is 0.293 bits per heavy atom. The largest absolute Gasteiger partial charge is 0.472 e. The molecule has 0 aliphatic carbocycles. The summed E-state index contributed by atoms with van der Waals surface area (Å²) in [4.78, 5) is 73.0. The third-order valence-electron chi connectivity index (χ3n) is 19.0. The van der Waals surface area contributed by atoms with Crippen LogP contribution in [0.4, 0.5) is 0 Å². The fourth-order valence-electron chi connectivity index (χ4n) is 12.3.